The van der Waals surface area contributed by atoms with Crippen LogP contribution in [0.2, 0.25) is 0 Å². The Bertz CT molecular complexity index is 358. The SMILES string of the molecule is CCCNC(c1ccccc1OC)C(CCC)CCC. The van der Waals surface area contributed by atoms with Crippen LogP contribution < -0.4 is 10.1 Å². The Morgan fingerprint density at radius 1 is 1.00 bits per heavy atom. The summed E-state index contributed by atoms with van der Waals surface area (Å²) in [7, 11) is 1.77. The van der Waals surface area contributed by atoms with Gasteiger partial charge in [-0.3, -0.25) is 0 Å². The fourth-order valence-corrected chi connectivity index (χ4v) is 2.97. The average molecular weight is 277 g/mol. The zero-order valence-corrected chi connectivity index (χ0v) is 13.6. The van der Waals surface area contributed by atoms with E-state index in [1.54, 1.807) is 7.11 Å². The van der Waals surface area contributed by atoms with Crippen molar-refractivity contribution in [2.75, 3.05) is 13.7 Å². The summed E-state index contributed by atoms with van der Waals surface area (Å²) in [6.07, 6.45) is 6.19. The Balaban J connectivity index is 3.01. The van der Waals surface area contributed by atoms with Gasteiger partial charge in [-0.25, -0.2) is 0 Å². The number of hydrogen-bond acceptors (Lipinski definition) is 2. The van der Waals surface area contributed by atoms with Gasteiger partial charge in [0.05, 0.1) is 7.11 Å². The van der Waals surface area contributed by atoms with E-state index in [1.165, 1.54) is 31.2 Å². The minimum absolute atomic E-state index is 0.408. The van der Waals surface area contributed by atoms with Crippen LogP contribution in [0, 0.1) is 5.92 Å². The van der Waals surface area contributed by atoms with Gasteiger partial charge in [0.25, 0.3) is 0 Å². The highest BCUT2D eigenvalue weighted by Crippen LogP contribution is 2.34. The molecule has 114 valence electrons. The van der Waals surface area contributed by atoms with Crippen molar-refractivity contribution in [2.24, 2.45) is 5.92 Å². The molecule has 1 N–H and O–H groups in total. The van der Waals surface area contributed by atoms with E-state index in [2.05, 4.69) is 44.3 Å². The van der Waals surface area contributed by atoms with Crippen LogP contribution in [0.5, 0.6) is 5.75 Å². The van der Waals surface area contributed by atoms with E-state index in [0.29, 0.717) is 12.0 Å². The molecule has 0 saturated heterocycles. The van der Waals surface area contributed by atoms with Crippen LogP contribution in [-0.4, -0.2) is 13.7 Å². The molecule has 0 aliphatic carbocycles. The highest BCUT2D eigenvalue weighted by molar-refractivity contribution is 5.36. The highest BCUT2D eigenvalue weighted by Gasteiger charge is 2.23. The first-order valence-corrected chi connectivity index (χ1v) is 8.14. The van der Waals surface area contributed by atoms with E-state index in [4.69, 9.17) is 4.74 Å². The largest absolute Gasteiger partial charge is 0.496 e. The summed E-state index contributed by atoms with van der Waals surface area (Å²) in [5, 5.41) is 3.75. The lowest BCUT2D eigenvalue weighted by atomic mass is 9.85. The Hall–Kier alpha value is -1.02. The van der Waals surface area contributed by atoms with Gasteiger partial charge in [-0.15, -0.1) is 0 Å². The molecular formula is C18H31NO. The molecule has 0 heterocycles. The van der Waals surface area contributed by atoms with Crippen molar-refractivity contribution in [1.82, 2.24) is 5.32 Å². The lowest BCUT2D eigenvalue weighted by Gasteiger charge is -2.29. The molecule has 1 unspecified atom stereocenters. The monoisotopic (exact) mass is 277 g/mol. The fourth-order valence-electron chi connectivity index (χ4n) is 2.97. The van der Waals surface area contributed by atoms with Crippen molar-refractivity contribution in [3.8, 4) is 5.75 Å². The summed E-state index contributed by atoms with van der Waals surface area (Å²) in [6.45, 7) is 7.84. The number of ether oxygens (including phenoxy) is 1. The third kappa shape index (κ3) is 4.82. The minimum atomic E-state index is 0.408. The van der Waals surface area contributed by atoms with Crippen molar-refractivity contribution in [2.45, 2.75) is 58.9 Å². The second-order valence-corrected chi connectivity index (χ2v) is 5.51. The summed E-state index contributed by atoms with van der Waals surface area (Å²) >= 11 is 0. The lowest BCUT2D eigenvalue weighted by Crippen LogP contribution is -2.29. The van der Waals surface area contributed by atoms with E-state index in [9.17, 15) is 0 Å². The molecule has 0 aliphatic heterocycles. The smallest absolute Gasteiger partial charge is 0.123 e. The van der Waals surface area contributed by atoms with Crippen LogP contribution in [0.3, 0.4) is 0 Å². The summed E-state index contributed by atoms with van der Waals surface area (Å²) in [5.74, 6) is 1.70. The maximum absolute atomic E-state index is 5.57. The van der Waals surface area contributed by atoms with E-state index >= 15 is 0 Å². The maximum Gasteiger partial charge on any atom is 0.123 e. The van der Waals surface area contributed by atoms with Gasteiger partial charge in [-0.05, 0) is 37.8 Å². The summed E-state index contributed by atoms with van der Waals surface area (Å²) in [4.78, 5) is 0. The molecule has 1 aromatic carbocycles. The van der Waals surface area contributed by atoms with Gasteiger partial charge in [0.2, 0.25) is 0 Å². The van der Waals surface area contributed by atoms with E-state index in [-0.39, 0.29) is 0 Å². The molecule has 1 atom stereocenters. The standard InChI is InChI=1S/C18H31NO/c1-5-10-15(11-6-2)18(19-14-7-3)16-12-8-9-13-17(16)20-4/h8-9,12-13,15,18-19H,5-7,10-11,14H2,1-4H3. The van der Waals surface area contributed by atoms with Crippen molar-refractivity contribution in [3.63, 3.8) is 0 Å². The van der Waals surface area contributed by atoms with Crippen LogP contribution in [0.25, 0.3) is 0 Å². The van der Waals surface area contributed by atoms with Gasteiger partial charge in [0, 0.05) is 11.6 Å². The van der Waals surface area contributed by atoms with Gasteiger partial charge in [0.15, 0.2) is 0 Å². The molecule has 0 aliphatic rings. The fraction of sp³-hybridized carbons (Fsp3) is 0.667. The molecule has 0 fully saturated rings. The normalized spacial score (nSPS) is 12.7. The van der Waals surface area contributed by atoms with Gasteiger partial charge >= 0.3 is 0 Å². The second-order valence-electron chi connectivity index (χ2n) is 5.51. The van der Waals surface area contributed by atoms with Crippen LogP contribution in [-0.2, 0) is 0 Å². The maximum atomic E-state index is 5.57. The van der Waals surface area contributed by atoms with Gasteiger partial charge in [0.1, 0.15) is 5.75 Å². The number of para-hydroxylation sites is 1. The van der Waals surface area contributed by atoms with Crippen LogP contribution in [0.1, 0.15) is 64.5 Å². The highest BCUT2D eigenvalue weighted by atomic mass is 16.5. The second kappa shape index (κ2) is 9.82. The minimum Gasteiger partial charge on any atom is -0.496 e. The van der Waals surface area contributed by atoms with Gasteiger partial charge in [-0.2, -0.15) is 0 Å². The molecule has 20 heavy (non-hydrogen) atoms. The average Bonchev–Trinajstić information content (AvgIpc) is 2.48. The Labute approximate surface area is 124 Å². The molecular weight excluding hydrogens is 246 g/mol. The van der Waals surface area contributed by atoms with Crippen LogP contribution in [0.4, 0.5) is 0 Å². The molecule has 0 aromatic heterocycles. The first-order valence-electron chi connectivity index (χ1n) is 8.14. The summed E-state index contributed by atoms with van der Waals surface area (Å²) in [5.41, 5.74) is 1.32. The molecule has 0 bridgehead atoms. The molecule has 2 heteroatoms. The van der Waals surface area contributed by atoms with Crippen molar-refractivity contribution in [1.29, 1.82) is 0 Å². The van der Waals surface area contributed by atoms with E-state index < -0.39 is 0 Å². The Kier molecular flexibility index (Phi) is 8.36. The molecule has 0 saturated carbocycles. The summed E-state index contributed by atoms with van der Waals surface area (Å²) < 4.78 is 5.57. The number of methoxy groups -OCH3 is 1. The molecule has 1 aromatic rings. The Morgan fingerprint density at radius 3 is 2.20 bits per heavy atom. The molecule has 0 spiro atoms. The quantitative estimate of drug-likeness (QED) is 0.653. The molecule has 1 rings (SSSR count). The molecule has 2 nitrogen and oxygen atoms in total. The number of nitrogens with one attached hydrogen (secondary N) is 1. The number of rotatable bonds is 10. The topological polar surface area (TPSA) is 21.3 Å². The predicted octanol–water partition coefficient (Wildman–Crippen LogP) is 4.95. The number of hydrogen-bond donors (Lipinski definition) is 1. The first-order chi connectivity index (χ1) is 9.78. The van der Waals surface area contributed by atoms with Crippen LogP contribution in [0.15, 0.2) is 24.3 Å². The summed E-state index contributed by atoms with van der Waals surface area (Å²) in [6, 6.07) is 8.86. The van der Waals surface area contributed by atoms with Crippen molar-refractivity contribution in [3.05, 3.63) is 29.8 Å². The van der Waals surface area contributed by atoms with Crippen molar-refractivity contribution >= 4 is 0 Å². The third-order valence-electron chi connectivity index (χ3n) is 3.88. The molecule has 0 radical (unpaired) electrons. The zero-order chi connectivity index (χ0) is 14.8. The van der Waals surface area contributed by atoms with E-state index in [1.807, 2.05) is 6.07 Å². The Morgan fingerprint density at radius 2 is 1.65 bits per heavy atom. The predicted molar refractivity (Wildman–Crippen MR) is 87.3 cm³/mol. The van der Waals surface area contributed by atoms with Crippen LogP contribution >= 0.6 is 0 Å². The van der Waals surface area contributed by atoms with Gasteiger partial charge < -0.3 is 10.1 Å². The zero-order valence-electron chi connectivity index (χ0n) is 13.6. The van der Waals surface area contributed by atoms with E-state index in [0.717, 1.165) is 18.7 Å². The van der Waals surface area contributed by atoms with Gasteiger partial charge in [-0.1, -0.05) is 51.8 Å². The first kappa shape index (κ1) is 17.0. The van der Waals surface area contributed by atoms with Crippen molar-refractivity contribution < 1.29 is 4.74 Å². The number of benzene rings is 1. The lowest BCUT2D eigenvalue weighted by molar-refractivity contribution is 0.305. The molecule has 0 amide bonds. The third-order valence-corrected chi connectivity index (χ3v) is 3.88.